The van der Waals surface area contributed by atoms with E-state index in [0.29, 0.717) is 11.4 Å². The molecule has 7 heteroatoms. The second kappa shape index (κ2) is 8.39. The number of aryl methyl sites for hydroxylation is 1. The maximum Gasteiger partial charge on any atom is 0.293 e. The van der Waals surface area contributed by atoms with Gasteiger partial charge in [0.1, 0.15) is 5.82 Å². The zero-order valence-electron chi connectivity index (χ0n) is 13.5. The Morgan fingerprint density at radius 3 is 2.62 bits per heavy atom. The highest BCUT2D eigenvalue weighted by Gasteiger charge is 2.09. The molecule has 1 aromatic heterocycles. The molecule has 0 aliphatic heterocycles. The van der Waals surface area contributed by atoms with Crippen molar-refractivity contribution in [3.05, 3.63) is 52.8 Å². The zero-order chi connectivity index (χ0) is 17.4. The number of aromatic nitrogens is 2. The number of amides is 2. The number of rotatable bonds is 5. The van der Waals surface area contributed by atoms with E-state index in [1.54, 1.807) is 25.4 Å². The normalized spacial score (nSPS) is 9.58. The predicted octanol–water partition coefficient (Wildman–Crippen LogP) is 1.75. The predicted molar refractivity (Wildman–Crippen MR) is 94.9 cm³/mol. The molecule has 0 radical (unpaired) electrons. The van der Waals surface area contributed by atoms with E-state index < -0.39 is 0 Å². The third-order valence-corrected chi connectivity index (χ3v) is 3.15. The standard InChI is InChI=1S/C17H17N5O2.2H2/c1-12-19-8-7-15(22-12)13-3-5-14(6-4-13)17(24)21-11-16(23)20-10-9-18-2;;/h3-8H,10-11H2,1-2H3,(H-,20,21,23,24);2*1H/p+1. The van der Waals surface area contributed by atoms with Crippen LogP contribution in [0, 0.1) is 13.0 Å². The molecule has 0 saturated heterocycles. The van der Waals surface area contributed by atoms with Gasteiger partial charge < -0.3 is 10.6 Å². The van der Waals surface area contributed by atoms with Gasteiger partial charge in [0.2, 0.25) is 5.91 Å². The van der Waals surface area contributed by atoms with Crippen LogP contribution < -0.4 is 10.6 Å². The lowest BCUT2D eigenvalue weighted by atomic mass is 10.1. The van der Waals surface area contributed by atoms with Crippen LogP contribution in [0.5, 0.6) is 0 Å². The molecule has 1 heterocycles. The van der Waals surface area contributed by atoms with Gasteiger partial charge in [-0.15, -0.1) is 0 Å². The van der Waals surface area contributed by atoms with Crippen LogP contribution in [0.3, 0.4) is 0 Å². The molecule has 0 unspecified atom stereocenters. The summed E-state index contributed by atoms with van der Waals surface area (Å²) in [6, 6.07) is 11.4. The Labute approximate surface area is 142 Å². The van der Waals surface area contributed by atoms with E-state index in [2.05, 4.69) is 31.5 Å². The first kappa shape index (κ1) is 17.1. The van der Waals surface area contributed by atoms with Gasteiger partial charge in [-0.2, -0.15) is 0 Å². The lowest BCUT2D eigenvalue weighted by Crippen LogP contribution is -2.37. The summed E-state index contributed by atoms with van der Waals surface area (Å²) in [7, 11) is 1.57. The van der Waals surface area contributed by atoms with E-state index in [4.69, 9.17) is 0 Å². The van der Waals surface area contributed by atoms with Crippen LogP contribution in [-0.2, 0) is 4.79 Å². The molecule has 7 nitrogen and oxygen atoms in total. The maximum atomic E-state index is 12.0. The number of benzene rings is 1. The highest BCUT2D eigenvalue weighted by atomic mass is 16.2. The summed E-state index contributed by atoms with van der Waals surface area (Å²) < 4.78 is 0. The highest BCUT2D eigenvalue weighted by Crippen LogP contribution is 2.17. The van der Waals surface area contributed by atoms with Gasteiger partial charge in [-0.1, -0.05) is 17.0 Å². The molecule has 24 heavy (non-hydrogen) atoms. The van der Waals surface area contributed by atoms with Gasteiger partial charge >= 0.3 is 0 Å². The minimum absolute atomic E-state index is 0. The Hall–Kier alpha value is -3.27. The summed E-state index contributed by atoms with van der Waals surface area (Å²) in [6.07, 6.45) is 1.69. The van der Waals surface area contributed by atoms with Crippen molar-refractivity contribution >= 4 is 11.8 Å². The molecule has 0 bridgehead atoms. The van der Waals surface area contributed by atoms with Gasteiger partial charge in [0, 0.05) is 20.2 Å². The summed E-state index contributed by atoms with van der Waals surface area (Å²) >= 11 is 0. The minimum atomic E-state index is -0.316. The third-order valence-electron chi connectivity index (χ3n) is 3.15. The molecule has 0 aliphatic carbocycles. The summed E-state index contributed by atoms with van der Waals surface area (Å²) in [4.78, 5) is 35.6. The molecule has 0 aliphatic rings. The number of carbonyl (C=O) groups is 2. The lowest BCUT2D eigenvalue weighted by Gasteiger charge is -2.06. The van der Waals surface area contributed by atoms with Crippen LogP contribution >= 0.6 is 0 Å². The van der Waals surface area contributed by atoms with E-state index in [0.717, 1.165) is 11.3 Å². The number of carbonyl (C=O) groups excluding carboxylic acids is 2. The number of nitrogens with zero attached hydrogens (tertiary/aromatic N) is 3. The summed E-state index contributed by atoms with van der Waals surface area (Å²) in [6.45, 7) is 1.94. The van der Waals surface area contributed by atoms with Crippen molar-refractivity contribution in [1.29, 1.82) is 0 Å². The second-order valence-corrected chi connectivity index (χ2v) is 4.91. The molecule has 0 saturated carbocycles. The van der Waals surface area contributed by atoms with Crippen molar-refractivity contribution in [1.82, 2.24) is 20.6 Å². The van der Waals surface area contributed by atoms with Gasteiger partial charge in [-0.05, 0) is 25.1 Å². The van der Waals surface area contributed by atoms with Gasteiger partial charge in [-0.25, -0.2) is 9.97 Å². The molecule has 1 aromatic carbocycles. The molecule has 0 fully saturated rings. The first-order valence-corrected chi connectivity index (χ1v) is 7.37. The van der Waals surface area contributed by atoms with Crippen LogP contribution in [0.25, 0.3) is 16.1 Å². The van der Waals surface area contributed by atoms with E-state index >= 15 is 0 Å². The van der Waals surface area contributed by atoms with Crippen LogP contribution in [0.15, 0.2) is 36.5 Å². The van der Waals surface area contributed by atoms with Gasteiger partial charge in [0.15, 0.2) is 6.54 Å². The molecular weight excluding hydrogens is 306 g/mol. The third kappa shape index (κ3) is 4.88. The molecule has 0 atom stereocenters. The minimum Gasteiger partial charge on any atom is -0.343 e. The average molecular weight is 328 g/mol. The fourth-order valence-electron chi connectivity index (χ4n) is 1.95. The second-order valence-electron chi connectivity index (χ2n) is 4.91. The summed E-state index contributed by atoms with van der Waals surface area (Å²) in [5.74, 6) is 0.0713. The molecule has 2 amide bonds. The maximum absolute atomic E-state index is 12.0. The number of nitrogens with one attached hydrogen (secondary N) is 2. The van der Waals surface area contributed by atoms with Crippen LogP contribution in [-0.4, -0.2) is 41.9 Å². The number of hydrogen-bond acceptors (Lipinski definition) is 4. The van der Waals surface area contributed by atoms with E-state index in [9.17, 15) is 9.59 Å². The Balaban J connectivity index is 0.00000312. The van der Waals surface area contributed by atoms with Crippen molar-refractivity contribution < 1.29 is 12.4 Å². The molecule has 2 aromatic rings. The van der Waals surface area contributed by atoms with Gasteiger partial charge in [-0.3, -0.25) is 9.59 Å². The molecule has 2 rings (SSSR count). The fourth-order valence-corrected chi connectivity index (χ4v) is 1.95. The monoisotopic (exact) mass is 328 g/mol. The van der Waals surface area contributed by atoms with Crippen molar-refractivity contribution in [2.75, 3.05) is 20.1 Å². The Morgan fingerprint density at radius 1 is 1.21 bits per heavy atom. The molecule has 2 N–H and O–H groups in total. The number of hydrogen-bond donors (Lipinski definition) is 2. The summed E-state index contributed by atoms with van der Waals surface area (Å²) in [5.41, 5.74) is 2.16. The van der Waals surface area contributed by atoms with E-state index in [1.807, 2.05) is 25.1 Å². The van der Waals surface area contributed by atoms with Gasteiger partial charge in [0.25, 0.3) is 19.0 Å². The smallest absolute Gasteiger partial charge is 0.293 e. The first-order chi connectivity index (χ1) is 11.6. The summed E-state index contributed by atoms with van der Waals surface area (Å²) in [5, 5.41) is 5.11. The Bertz CT molecular complexity index is 801. The largest absolute Gasteiger partial charge is 0.343 e. The van der Waals surface area contributed by atoms with Crippen molar-refractivity contribution in [3.8, 4) is 17.3 Å². The average Bonchev–Trinajstić information content (AvgIpc) is 2.60. The van der Waals surface area contributed by atoms with Crippen molar-refractivity contribution in [2.45, 2.75) is 6.92 Å². The van der Waals surface area contributed by atoms with E-state index in [1.165, 1.54) is 0 Å². The van der Waals surface area contributed by atoms with Crippen LogP contribution in [0.4, 0.5) is 0 Å². The Morgan fingerprint density at radius 2 is 1.96 bits per heavy atom. The SMILES string of the molecule is C[N+]#CCNC(=O)CNC(=O)c1ccc(-c2ccnc(C)n2)cc1.[HH].[HH]. The molecule has 0 spiro atoms. The van der Waals surface area contributed by atoms with Gasteiger partial charge in [0.05, 0.1) is 12.2 Å². The highest BCUT2D eigenvalue weighted by molar-refractivity contribution is 5.96. The zero-order valence-corrected chi connectivity index (χ0v) is 13.5. The molecule has 126 valence electrons. The quantitative estimate of drug-likeness (QED) is 0.819. The fraction of sp³-hybridized carbons (Fsp3) is 0.235. The van der Waals surface area contributed by atoms with Crippen molar-refractivity contribution in [3.63, 3.8) is 0 Å². The van der Waals surface area contributed by atoms with Crippen LogP contribution in [0.1, 0.15) is 19.0 Å². The molecular formula is C17H22N5O2+. The Kier molecular flexibility index (Phi) is 5.97. The first-order valence-electron chi connectivity index (χ1n) is 7.37. The van der Waals surface area contributed by atoms with Crippen LogP contribution in [0.2, 0.25) is 0 Å². The van der Waals surface area contributed by atoms with Crippen molar-refractivity contribution in [2.24, 2.45) is 0 Å². The lowest BCUT2D eigenvalue weighted by molar-refractivity contribution is -0.119. The topological polar surface area (TPSA) is 88.3 Å². The van der Waals surface area contributed by atoms with E-state index in [-0.39, 0.29) is 27.8 Å².